The summed E-state index contributed by atoms with van der Waals surface area (Å²) < 4.78 is 16.9. The van der Waals surface area contributed by atoms with Crippen LogP contribution in [0.1, 0.15) is 41.7 Å². The SMILES string of the molecule is COC(=O)c1cc2cc(C(=O)Nc3cc(NC(=O)OC(C)(C)C)cn3C)ccc2o1. The lowest BCUT2D eigenvalue weighted by Gasteiger charge is -2.19. The number of aromatic nitrogens is 1. The number of fused-ring (bicyclic) bond motifs is 1. The second-order valence-electron chi connectivity index (χ2n) is 7.66. The maximum Gasteiger partial charge on any atom is 0.412 e. The van der Waals surface area contributed by atoms with E-state index in [-0.39, 0.29) is 11.7 Å². The molecule has 0 saturated carbocycles. The molecule has 2 heterocycles. The molecule has 2 aromatic heterocycles. The zero-order valence-corrected chi connectivity index (χ0v) is 17.4. The van der Waals surface area contributed by atoms with Gasteiger partial charge in [0.25, 0.3) is 5.91 Å². The number of carbonyl (C=O) groups is 3. The van der Waals surface area contributed by atoms with E-state index < -0.39 is 17.7 Å². The summed E-state index contributed by atoms with van der Waals surface area (Å²) in [6.45, 7) is 5.32. The van der Waals surface area contributed by atoms with Crippen molar-refractivity contribution in [3.05, 3.63) is 47.9 Å². The van der Waals surface area contributed by atoms with Gasteiger partial charge in [0.1, 0.15) is 17.0 Å². The van der Waals surface area contributed by atoms with Gasteiger partial charge in [-0.3, -0.25) is 10.1 Å². The summed E-state index contributed by atoms with van der Waals surface area (Å²) in [6, 6.07) is 7.95. The molecular weight excluding hydrogens is 390 g/mol. The molecule has 2 amide bonds. The standard InChI is InChI=1S/C21H23N3O6/c1-21(2,3)30-20(27)22-14-10-17(24(4)11-14)23-18(25)12-6-7-15-13(8-12)9-16(29-15)19(26)28-5/h6-11H,1-5H3,(H,22,27)(H,23,25). The zero-order valence-electron chi connectivity index (χ0n) is 17.4. The smallest absolute Gasteiger partial charge is 0.412 e. The molecule has 2 N–H and O–H groups in total. The molecule has 0 aliphatic heterocycles. The number of rotatable bonds is 4. The first kappa shape index (κ1) is 21.0. The lowest BCUT2D eigenvalue weighted by molar-refractivity contribution is 0.0566. The van der Waals surface area contributed by atoms with Crippen molar-refractivity contribution in [3.63, 3.8) is 0 Å². The number of furan rings is 1. The lowest BCUT2D eigenvalue weighted by atomic mass is 10.1. The first-order chi connectivity index (χ1) is 14.1. The summed E-state index contributed by atoms with van der Waals surface area (Å²) in [6.07, 6.45) is 1.07. The van der Waals surface area contributed by atoms with Gasteiger partial charge in [-0.2, -0.15) is 0 Å². The number of ether oxygens (including phenoxy) is 2. The Bertz CT molecular complexity index is 1120. The molecule has 0 atom stereocenters. The van der Waals surface area contributed by atoms with Gasteiger partial charge in [-0.1, -0.05) is 0 Å². The quantitative estimate of drug-likeness (QED) is 0.621. The Hall–Kier alpha value is -3.75. The van der Waals surface area contributed by atoms with Crippen LogP contribution in [0.3, 0.4) is 0 Å². The summed E-state index contributed by atoms with van der Waals surface area (Å²) in [5.41, 5.74) is 0.710. The normalized spacial score (nSPS) is 11.2. The van der Waals surface area contributed by atoms with Gasteiger partial charge in [0.05, 0.1) is 12.8 Å². The fourth-order valence-corrected chi connectivity index (χ4v) is 2.75. The number of esters is 1. The van der Waals surface area contributed by atoms with Crippen molar-refractivity contribution in [2.75, 3.05) is 17.7 Å². The molecule has 158 valence electrons. The third-order valence-electron chi connectivity index (χ3n) is 4.06. The Balaban J connectivity index is 1.73. The summed E-state index contributed by atoms with van der Waals surface area (Å²) in [7, 11) is 3.00. The Labute approximate surface area is 172 Å². The van der Waals surface area contributed by atoms with Gasteiger partial charge in [-0.05, 0) is 45.0 Å². The molecule has 1 aromatic carbocycles. The predicted molar refractivity (Wildman–Crippen MR) is 111 cm³/mol. The minimum atomic E-state index is -0.616. The fraction of sp³-hybridized carbons (Fsp3) is 0.286. The van der Waals surface area contributed by atoms with Crippen molar-refractivity contribution in [3.8, 4) is 0 Å². The van der Waals surface area contributed by atoms with Gasteiger partial charge in [0.15, 0.2) is 0 Å². The second-order valence-corrected chi connectivity index (χ2v) is 7.66. The third kappa shape index (κ3) is 4.80. The van der Waals surface area contributed by atoms with E-state index in [4.69, 9.17) is 9.15 Å². The molecule has 0 aliphatic carbocycles. The van der Waals surface area contributed by atoms with Crippen LogP contribution in [-0.2, 0) is 16.5 Å². The Morgan fingerprint density at radius 1 is 1.07 bits per heavy atom. The average Bonchev–Trinajstić information content (AvgIpc) is 3.22. The van der Waals surface area contributed by atoms with Crippen LogP contribution in [0, 0.1) is 0 Å². The van der Waals surface area contributed by atoms with Crippen LogP contribution in [0.15, 0.2) is 40.9 Å². The van der Waals surface area contributed by atoms with Crippen LogP contribution < -0.4 is 10.6 Å². The number of benzene rings is 1. The first-order valence-electron chi connectivity index (χ1n) is 9.15. The van der Waals surface area contributed by atoms with Crippen LogP contribution in [0.5, 0.6) is 0 Å². The molecule has 0 bridgehead atoms. The highest BCUT2D eigenvalue weighted by Crippen LogP contribution is 2.23. The number of nitrogens with one attached hydrogen (secondary N) is 2. The van der Waals surface area contributed by atoms with E-state index in [0.717, 1.165) is 0 Å². The van der Waals surface area contributed by atoms with Crippen molar-refractivity contribution in [1.29, 1.82) is 0 Å². The van der Waals surface area contributed by atoms with Gasteiger partial charge in [0, 0.05) is 30.3 Å². The van der Waals surface area contributed by atoms with E-state index in [9.17, 15) is 14.4 Å². The Morgan fingerprint density at radius 3 is 2.47 bits per heavy atom. The molecule has 0 spiro atoms. The average molecular weight is 413 g/mol. The van der Waals surface area contributed by atoms with E-state index in [1.165, 1.54) is 13.2 Å². The molecule has 0 radical (unpaired) electrons. The summed E-state index contributed by atoms with van der Waals surface area (Å²) in [5, 5.41) is 6.01. The molecule has 9 heteroatoms. The topological polar surface area (TPSA) is 112 Å². The highest BCUT2D eigenvalue weighted by Gasteiger charge is 2.18. The van der Waals surface area contributed by atoms with Gasteiger partial charge in [-0.25, -0.2) is 9.59 Å². The number of anilines is 2. The largest absolute Gasteiger partial charge is 0.463 e. The summed E-state index contributed by atoms with van der Waals surface area (Å²) in [5.74, 6) is -0.410. The van der Waals surface area contributed by atoms with Crippen molar-refractivity contribution >= 4 is 40.4 Å². The van der Waals surface area contributed by atoms with Crippen LogP contribution in [0.25, 0.3) is 11.0 Å². The number of hydrogen-bond donors (Lipinski definition) is 2. The van der Waals surface area contributed by atoms with Crippen LogP contribution in [0.2, 0.25) is 0 Å². The summed E-state index contributed by atoms with van der Waals surface area (Å²) in [4.78, 5) is 36.2. The maximum absolute atomic E-state index is 12.7. The molecule has 0 fully saturated rings. The van der Waals surface area contributed by atoms with E-state index in [1.54, 1.807) is 62.8 Å². The van der Waals surface area contributed by atoms with Crippen LogP contribution >= 0.6 is 0 Å². The molecule has 0 aliphatic rings. The Morgan fingerprint density at radius 2 is 1.80 bits per heavy atom. The van der Waals surface area contributed by atoms with Gasteiger partial charge in [0.2, 0.25) is 5.76 Å². The zero-order chi connectivity index (χ0) is 22.1. The number of methoxy groups -OCH3 is 1. The molecule has 0 unspecified atom stereocenters. The monoisotopic (exact) mass is 413 g/mol. The van der Waals surface area contributed by atoms with E-state index in [0.29, 0.717) is 28.0 Å². The number of carbonyl (C=O) groups excluding carboxylic acids is 3. The third-order valence-corrected chi connectivity index (χ3v) is 4.06. The van der Waals surface area contributed by atoms with Crippen LogP contribution in [-0.4, -0.2) is 35.2 Å². The number of amides is 2. The highest BCUT2D eigenvalue weighted by atomic mass is 16.6. The summed E-state index contributed by atoms with van der Waals surface area (Å²) >= 11 is 0. The van der Waals surface area contributed by atoms with E-state index >= 15 is 0 Å². The molecular formula is C21H23N3O6. The molecule has 3 aromatic rings. The molecule has 30 heavy (non-hydrogen) atoms. The van der Waals surface area contributed by atoms with Crippen molar-refractivity contribution < 1.29 is 28.3 Å². The molecule has 3 rings (SSSR count). The van der Waals surface area contributed by atoms with Gasteiger partial charge >= 0.3 is 12.1 Å². The second kappa shape index (κ2) is 7.94. The van der Waals surface area contributed by atoms with E-state index in [1.807, 2.05) is 0 Å². The van der Waals surface area contributed by atoms with E-state index in [2.05, 4.69) is 15.4 Å². The first-order valence-corrected chi connectivity index (χ1v) is 9.15. The van der Waals surface area contributed by atoms with Crippen molar-refractivity contribution in [1.82, 2.24) is 4.57 Å². The minimum Gasteiger partial charge on any atom is -0.463 e. The Kier molecular flexibility index (Phi) is 5.55. The van der Waals surface area contributed by atoms with Gasteiger partial charge in [-0.15, -0.1) is 0 Å². The number of nitrogens with zero attached hydrogens (tertiary/aromatic N) is 1. The number of hydrogen-bond acceptors (Lipinski definition) is 6. The minimum absolute atomic E-state index is 0.0605. The van der Waals surface area contributed by atoms with Crippen LogP contribution in [0.4, 0.5) is 16.3 Å². The van der Waals surface area contributed by atoms with Gasteiger partial charge < -0.3 is 23.8 Å². The lowest BCUT2D eigenvalue weighted by Crippen LogP contribution is -2.27. The number of aryl methyl sites for hydroxylation is 1. The van der Waals surface area contributed by atoms with Crippen molar-refractivity contribution in [2.24, 2.45) is 7.05 Å². The molecule has 0 saturated heterocycles. The fourth-order valence-electron chi connectivity index (χ4n) is 2.75. The molecule has 9 nitrogen and oxygen atoms in total. The maximum atomic E-state index is 12.7. The highest BCUT2D eigenvalue weighted by molar-refractivity contribution is 6.06. The van der Waals surface area contributed by atoms with Crippen molar-refractivity contribution in [2.45, 2.75) is 26.4 Å². The predicted octanol–water partition coefficient (Wildman–Crippen LogP) is 4.16.